The molecule has 6 rings (SSSR count). The molecule has 206 valence electrons. The number of thiocarbonyl (C=S) groups is 1. The van der Waals surface area contributed by atoms with Gasteiger partial charge in [0.2, 0.25) is 0 Å². The fourth-order valence-electron chi connectivity index (χ4n) is 6.24. The summed E-state index contributed by atoms with van der Waals surface area (Å²) in [6.07, 6.45) is 4.25. The van der Waals surface area contributed by atoms with Crippen molar-refractivity contribution in [1.29, 1.82) is 0 Å². The van der Waals surface area contributed by atoms with Crippen LogP contribution in [0.2, 0.25) is 5.02 Å². The largest absolute Gasteiger partial charge is 0.370 e. The summed E-state index contributed by atoms with van der Waals surface area (Å²) in [6, 6.07) is 25.3. The summed E-state index contributed by atoms with van der Waals surface area (Å²) >= 11 is 13.0. The molecule has 4 aromatic rings. The number of benzene rings is 2. The smallest absolute Gasteiger partial charge is 0.174 e. The first-order valence-electron chi connectivity index (χ1n) is 14.2. The van der Waals surface area contributed by atoms with E-state index < -0.39 is 0 Å². The van der Waals surface area contributed by atoms with Gasteiger partial charge in [-0.3, -0.25) is 4.98 Å². The number of pyridine rings is 1. The first-order valence-corrected chi connectivity index (χ1v) is 14.9. The van der Waals surface area contributed by atoms with E-state index in [0.717, 1.165) is 47.6 Å². The van der Waals surface area contributed by atoms with Crippen molar-refractivity contribution < 1.29 is 0 Å². The number of anilines is 2. The Balaban J connectivity index is 1.40. The molecule has 4 heterocycles. The third-order valence-corrected chi connectivity index (χ3v) is 9.16. The van der Waals surface area contributed by atoms with Gasteiger partial charge in [-0.1, -0.05) is 54.9 Å². The van der Waals surface area contributed by atoms with Gasteiger partial charge in [0.1, 0.15) is 0 Å². The lowest BCUT2D eigenvalue weighted by molar-refractivity contribution is 0.438. The highest BCUT2D eigenvalue weighted by Crippen LogP contribution is 2.45. The molecule has 2 aromatic carbocycles. The van der Waals surface area contributed by atoms with Crippen LogP contribution in [0.1, 0.15) is 60.1 Å². The molecule has 1 N–H and O–H groups in total. The Morgan fingerprint density at radius 3 is 2.42 bits per heavy atom. The molecule has 2 fully saturated rings. The van der Waals surface area contributed by atoms with E-state index in [2.05, 4.69) is 101 Å². The fourth-order valence-corrected chi connectivity index (χ4v) is 6.88. The maximum Gasteiger partial charge on any atom is 0.174 e. The molecule has 5 nitrogen and oxygen atoms in total. The van der Waals surface area contributed by atoms with E-state index in [-0.39, 0.29) is 12.1 Å². The van der Waals surface area contributed by atoms with E-state index in [1.807, 2.05) is 18.3 Å². The summed E-state index contributed by atoms with van der Waals surface area (Å²) in [5.41, 5.74) is 8.04. The summed E-state index contributed by atoms with van der Waals surface area (Å²) in [7, 11) is 0. The summed E-state index contributed by atoms with van der Waals surface area (Å²) in [6.45, 7) is 9.65. The van der Waals surface area contributed by atoms with Crippen LogP contribution in [0, 0.1) is 19.8 Å². The number of hydrogen-bond acceptors (Lipinski definition) is 3. The molecule has 40 heavy (non-hydrogen) atoms. The third kappa shape index (κ3) is 5.11. The predicted molar refractivity (Wildman–Crippen MR) is 169 cm³/mol. The molecule has 0 radical (unpaired) electrons. The van der Waals surface area contributed by atoms with Gasteiger partial charge in [0, 0.05) is 42.9 Å². The quantitative estimate of drug-likeness (QED) is 0.242. The number of hydrogen-bond donors (Lipinski definition) is 1. The van der Waals surface area contributed by atoms with Crippen LogP contribution < -0.4 is 15.1 Å². The van der Waals surface area contributed by atoms with Crippen LogP contribution in [0.4, 0.5) is 11.4 Å². The molecular weight excluding hydrogens is 534 g/mol. The number of nitrogens with zero attached hydrogens (tertiary/aromatic N) is 4. The normalized spacial score (nSPS) is 19.8. The Hall–Kier alpha value is -3.35. The van der Waals surface area contributed by atoms with Crippen LogP contribution in [0.3, 0.4) is 0 Å². The lowest BCUT2D eigenvalue weighted by atomic mass is 9.96. The minimum atomic E-state index is -0.0959. The van der Waals surface area contributed by atoms with Crippen molar-refractivity contribution in [2.45, 2.75) is 52.2 Å². The van der Waals surface area contributed by atoms with Crippen molar-refractivity contribution in [3.05, 3.63) is 112 Å². The Morgan fingerprint density at radius 2 is 1.73 bits per heavy atom. The molecule has 2 aliphatic rings. The molecule has 0 spiro atoms. The van der Waals surface area contributed by atoms with Crippen molar-refractivity contribution in [2.75, 3.05) is 22.9 Å². The van der Waals surface area contributed by atoms with Crippen LogP contribution in [0.5, 0.6) is 0 Å². The molecule has 0 bridgehead atoms. The molecular formula is C33H36ClN5S. The Bertz CT molecular complexity index is 1490. The van der Waals surface area contributed by atoms with Crippen molar-refractivity contribution in [1.82, 2.24) is 14.9 Å². The van der Waals surface area contributed by atoms with Gasteiger partial charge in [0.05, 0.1) is 28.5 Å². The van der Waals surface area contributed by atoms with E-state index in [1.54, 1.807) is 0 Å². The standard InChI is InChI=1S/C33H36ClN5S/c1-22-14-17-37(18-15-22)30-13-12-26(20-28(30)34)39-32(31(36-33(39)40)29-11-7-8-16-35-29)27-19-23(2)38(24(27)3)21-25-9-5-4-6-10-25/h4-13,16,19-20,22,31-32H,14-15,17-18,21H2,1-3H3,(H,36,40)/t31-,32-/m1/s1. The topological polar surface area (TPSA) is 36.3 Å². The summed E-state index contributed by atoms with van der Waals surface area (Å²) in [4.78, 5) is 9.38. The van der Waals surface area contributed by atoms with Gasteiger partial charge >= 0.3 is 0 Å². The van der Waals surface area contributed by atoms with E-state index in [9.17, 15) is 0 Å². The van der Waals surface area contributed by atoms with Crippen molar-refractivity contribution in [3.8, 4) is 0 Å². The van der Waals surface area contributed by atoms with Crippen LogP contribution in [-0.4, -0.2) is 27.8 Å². The molecule has 7 heteroatoms. The number of aromatic nitrogens is 2. The van der Waals surface area contributed by atoms with E-state index in [0.29, 0.717) is 5.11 Å². The summed E-state index contributed by atoms with van der Waals surface area (Å²) < 4.78 is 2.40. The predicted octanol–water partition coefficient (Wildman–Crippen LogP) is 7.62. The van der Waals surface area contributed by atoms with Crippen molar-refractivity contribution in [2.24, 2.45) is 5.92 Å². The maximum atomic E-state index is 6.97. The second kappa shape index (κ2) is 11.3. The number of nitrogens with one attached hydrogen (secondary N) is 1. The van der Waals surface area contributed by atoms with Crippen LogP contribution >= 0.6 is 23.8 Å². The Morgan fingerprint density at radius 1 is 0.975 bits per heavy atom. The highest BCUT2D eigenvalue weighted by Gasteiger charge is 2.42. The molecule has 2 saturated heterocycles. The minimum absolute atomic E-state index is 0.0733. The first kappa shape index (κ1) is 26.9. The Labute approximate surface area is 247 Å². The average Bonchev–Trinajstić information content (AvgIpc) is 3.45. The third-order valence-electron chi connectivity index (χ3n) is 8.55. The van der Waals surface area contributed by atoms with Gasteiger partial charge in [-0.15, -0.1) is 0 Å². The molecule has 0 amide bonds. The van der Waals surface area contributed by atoms with Gasteiger partial charge in [0.15, 0.2) is 5.11 Å². The Kier molecular flexibility index (Phi) is 7.56. The zero-order valence-electron chi connectivity index (χ0n) is 23.3. The molecule has 0 aliphatic carbocycles. The fraction of sp³-hybridized carbons (Fsp3) is 0.333. The van der Waals surface area contributed by atoms with E-state index in [4.69, 9.17) is 28.8 Å². The van der Waals surface area contributed by atoms with Crippen LogP contribution in [0.25, 0.3) is 0 Å². The number of piperidine rings is 1. The zero-order chi connectivity index (χ0) is 27.8. The van der Waals surface area contributed by atoms with Crippen LogP contribution in [0.15, 0.2) is 79.0 Å². The number of aryl methyl sites for hydroxylation is 1. The van der Waals surface area contributed by atoms with Gasteiger partial charge in [-0.2, -0.15) is 0 Å². The number of rotatable bonds is 6. The first-order chi connectivity index (χ1) is 19.4. The van der Waals surface area contributed by atoms with Gasteiger partial charge < -0.3 is 19.7 Å². The van der Waals surface area contributed by atoms with Crippen molar-refractivity contribution >= 4 is 40.3 Å². The molecule has 0 unspecified atom stereocenters. The summed E-state index contributed by atoms with van der Waals surface area (Å²) in [5, 5.41) is 5.06. The van der Waals surface area contributed by atoms with Crippen LogP contribution in [-0.2, 0) is 6.54 Å². The monoisotopic (exact) mass is 569 g/mol. The van der Waals surface area contributed by atoms with Gasteiger partial charge in [-0.05, 0) is 92.4 Å². The maximum absolute atomic E-state index is 6.97. The van der Waals surface area contributed by atoms with Crippen molar-refractivity contribution in [3.63, 3.8) is 0 Å². The second-order valence-electron chi connectivity index (χ2n) is 11.2. The highest BCUT2D eigenvalue weighted by molar-refractivity contribution is 7.80. The molecule has 2 atom stereocenters. The van der Waals surface area contributed by atoms with E-state index >= 15 is 0 Å². The summed E-state index contributed by atoms with van der Waals surface area (Å²) in [5.74, 6) is 0.771. The number of halogens is 1. The van der Waals surface area contributed by atoms with Gasteiger partial charge in [0.25, 0.3) is 0 Å². The van der Waals surface area contributed by atoms with E-state index in [1.165, 1.54) is 35.4 Å². The minimum Gasteiger partial charge on any atom is -0.370 e. The second-order valence-corrected chi connectivity index (χ2v) is 12.0. The highest BCUT2D eigenvalue weighted by atomic mass is 35.5. The lowest BCUT2D eigenvalue weighted by Gasteiger charge is -2.33. The average molecular weight is 570 g/mol. The zero-order valence-corrected chi connectivity index (χ0v) is 24.9. The molecule has 0 saturated carbocycles. The lowest BCUT2D eigenvalue weighted by Crippen LogP contribution is -2.33. The SMILES string of the molecule is Cc1cc([C@@H]2[C@@H](c3ccccn3)NC(=S)N2c2ccc(N3CCC(C)CC3)c(Cl)c2)c(C)n1Cc1ccccc1. The molecule has 2 aromatic heterocycles. The van der Waals surface area contributed by atoms with Gasteiger partial charge in [-0.25, -0.2) is 0 Å². The molecule has 2 aliphatic heterocycles.